The molecule has 0 saturated carbocycles. The molecule has 33 heavy (non-hydrogen) atoms. The quantitative estimate of drug-likeness (QED) is 0.303. The molecule has 0 spiro atoms. The van der Waals surface area contributed by atoms with E-state index in [1.807, 2.05) is 81.1 Å². The molecule has 0 amide bonds. The van der Waals surface area contributed by atoms with Gasteiger partial charge in [-0.15, -0.1) is 0 Å². The van der Waals surface area contributed by atoms with Gasteiger partial charge >= 0.3 is 0 Å². The van der Waals surface area contributed by atoms with Crippen molar-refractivity contribution in [3.05, 3.63) is 95.1 Å². The fraction of sp³-hybridized carbons (Fsp3) is 0.143. The van der Waals surface area contributed by atoms with Crippen LogP contribution in [-0.2, 0) is 0 Å². The second-order valence-corrected chi connectivity index (χ2v) is 8.12. The van der Waals surface area contributed by atoms with Crippen molar-refractivity contribution >= 4 is 17.1 Å². The maximum Gasteiger partial charge on any atom is 0.172 e. The summed E-state index contributed by atoms with van der Waals surface area (Å²) in [5.74, 6) is 1.34. The molecule has 0 atom stereocenters. The summed E-state index contributed by atoms with van der Waals surface area (Å²) in [5, 5.41) is 31.5. The van der Waals surface area contributed by atoms with Crippen LogP contribution < -0.4 is 9.64 Å². The molecule has 0 heterocycles. The standard InChI is InChI=1S/C28H27NO4/c1-17-15-16-18(2)28(27(17)32)33-26-14-6-5-9-23(26)29(21-10-7-12-24(30)19(21)3)22-11-8-13-25(31)20(22)4/h5-16,30-32H,1-4H3. The number of phenols is 3. The molecule has 0 saturated heterocycles. The molecule has 0 fully saturated rings. The Hall–Kier alpha value is -4.12. The number of hydrogen-bond donors (Lipinski definition) is 3. The Bertz CT molecular complexity index is 1280. The van der Waals surface area contributed by atoms with E-state index in [9.17, 15) is 15.3 Å². The zero-order valence-corrected chi connectivity index (χ0v) is 19.1. The highest BCUT2D eigenvalue weighted by molar-refractivity contribution is 5.84. The minimum atomic E-state index is 0.0958. The molecule has 3 N–H and O–H groups in total. The molecule has 4 rings (SSSR count). The number of aryl methyl sites for hydroxylation is 2. The summed E-state index contributed by atoms with van der Waals surface area (Å²) >= 11 is 0. The summed E-state index contributed by atoms with van der Waals surface area (Å²) in [6, 6.07) is 21.9. The summed E-state index contributed by atoms with van der Waals surface area (Å²) in [4.78, 5) is 1.95. The van der Waals surface area contributed by atoms with Crippen LogP contribution in [-0.4, -0.2) is 15.3 Å². The number of para-hydroxylation sites is 2. The molecule has 5 nitrogen and oxygen atoms in total. The topological polar surface area (TPSA) is 73.2 Å². The van der Waals surface area contributed by atoms with Crippen molar-refractivity contribution in [1.29, 1.82) is 0 Å². The second kappa shape index (κ2) is 8.79. The van der Waals surface area contributed by atoms with E-state index in [0.29, 0.717) is 28.3 Å². The van der Waals surface area contributed by atoms with Gasteiger partial charge in [0.15, 0.2) is 17.2 Å². The summed E-state index contributed by atoms with van der Waals surface area (Å²) in [6.07, 6.45) is 0. The second-order valence-electron chi connectivity index (χ2n) is 8.12. The number of anilines is 3. The van der Waals surface area contributed by atoms with Gasteiger partial charge in [-0.25, -0.2) is 0 Å². The van der Waals surface area contributed by atoms with Crippen molar-refractivity contribution in [3.8, 4) is 28.7 Å². The third-order valence-electron chi connectivity index (χ3n) is 5.88. The smallest absolute Gasteiger partial charge is 0.172 e. The first-order valence-corrected chi connectivity index (χ1v) is 10.7. The Morgan fingerprint density at radius 2 is 1.09 bits per heavy atom. The van der Waals surface area contributed by atoms with Crippen LogP contribution >= 0.6 is 0 Å². The largest absolute Gasteiger partial charge is 0.508 e. The molecule has 0 radical (unpaired) electrons. The van der Waals surface area contributed by atoms with Gasteiger partial charge in [-0.05, 0) is 75.2 Å². The fourth-order valence-electron chi connectivity index (χ4n) is 3.83. The molecule has 0 aliphatic carbocycles. The summed E-state index contributed by atoms with van der Waals surface area (Å²) in [5.41, 5.74) is 5.07. The van der Waals surface area contributed by atoms with E-state index in [2.05, 4.69) is 0 Å². The van der Waals surface area contributed by atoms with Gasteiger partial charge in [0, 0.05) is 11.1 Å². The van der Waals surface area contributed by atoms with Gasteiger partial charge in [0.25, 0.3) is 0 Å². The van der Waals surface area contributed by atoms with E-state index in [-0.39, 0.29) is 17.2 Å². The van der Waals surface area contributed by atoms with Gasteiger partial charge in [-0.2, -0.15) is 0 Å². The highest BCUT2D eigenvalue weighted by atomic mass is 16.5. The number of rotatable bonds is 5. The minimum Gasteiger partial charge on any atom is -0.508 e. The summed E-state index contributed by atoms with van der Waals surface area (Å²) in [6.45, 7) is 7.39. The van der Waals surface area contributed by atoms with E-state index in [1.54, 1.807) is 24.3 Å². The highest BCUT2D eigenvalue weighted by Crippen LogP contribution is 2.47. The first kappa shape index (κ1) is 22.1. The van der Waals surface area contributed by atoms with E-state index >= 15 is 0 Å². The van der Waals surface area contributed by atoms with E-state index in [4.69, 9.17) is 4.74 Å². The van der Waals surface area contributed by atoms with Crippen molar-refractivity contribution in [3.63, 3.8) is 0 Å². The van der Waals surface area contributed by atoms with E-state index in [1.165, 1.54) is 0 Å². The van der Waals surface area contributed by atoms with Crippen LogP contribution in [0.1, 0.15) is 22.3 Å². The number of nitrogens with zero attached hydrogens (tertiary/aromatic N) is 1. The molecule has 0 unspecified atom stereocenters. The average molecular weight is 442 g/mol. The molecular weight excluding hydrogens is 414 g/mol. The maximum atomic E-state index is 10.7. The monoisotopic (exact) mass is 441 g/mol. The highest BCUT2D eigenvalue weighted by Gasteiger charge is 2.23. The lowest BCUT2D eigenvalue weighted by atomic mass is 10.1. The average Bonchev–Trinajstić information content (AvgIpc) is 2.80. The van der Waals surface area contributed by atoms with Crippen molar-refractivity contribution in [2.24, 2.45) is 0 Å². The number of benzene rings is 4. The van der Waals surface area contributed by atoms with Crippen molar-refractivity contribution in [2.75, 3.05) is 4.90 Å². The Balaban J connectivity index is 1.96. The van der Waals surface area contributed by atoms with Gasteiger partial charge in [-0.3, -0.25) is 0 Å². The summed E-state index contributed by atoms with van der Waals surface area (Å²) in [7, 11) is 0. The third kappa shape index (κ3) is 4.05. The lowest BCUT2D eigenvalue weighted by molar-refractivity contribution is 0.407. The Kier molecular flexibility index (Phi) is 5.88. The first-order chi connectivity index (χ1) is 15.8. The SMILES string of the molecule is Cc1ccc(C)c(Oc2ccccc2N(c2cccc(O)c2C)c2cccc(O)c2C)c1O. The van der Waals surface area contributed by atoms with Crippen LogP contribution in [0.5, 0.6) is 28.7 Å². The van der Waals surface area contributed by atoms with Gasteiger partial charge in [0.2, 0.25) is 0 Å². The molecule has 168 valence electrons. The number of aromatic hydroxyl groups is 3. The molecule has 0 aliphatic rings. The Morgan fingerprint density at radius 3 is 1.70 bits per heavy atom. The lowest BCUT2D eigenvalue weighted by Gasteiger charge is -2.30. The van der Waals surface area contributed by atoms with Gasteiger partial charge < -0.3 is 25.0 Å². The molecule has 0 aliphatic heterocycles. The van der Waals surface area contributed by atoms with Crippen LogP contribution in [0.2, 0.25) is 0 Å². The zero-order chi connectivity index (χ0) is 23.7. The Labute approximate surface area is 193 Å². The molecule has 0 aromatic heterocycles. The van der Waals surface area contributed by atoms with Crippen molar-refractivity contribution in [1.82, 2.24) is 0 Å². The molecule has 0 bridgehead atoms. The van der Waals surface area contributed by atoms with Gasteiger partial charge in [0.05, 0.1) is 17.1 Å². The third-order valence-corrected chi connectivity index (χ3v) is 5.88. The van der Waals surface area contributed by atoms with E-state index in [0.717, 1.165) is 22.5 Å². The van der Waals surface area contributed by atoms with Crippen molar-refractivity contribution in [2.45, 2.75) is 27.7 Å². The lowest BCUT2D eigenvalue weighted by Crippen LogP contribution is -2.13. The fourth-order valence-corrected chi connectivity index (χ4v) is 3.83. The minimum absolute atomic E-state index is 0.0958. The zero-order valence-electron chi connectivity index (χ0n) is 19.1. The molecule has 5 heteroatoms. The predicted octanol–water partition coefficient (Wildman–Crippen LogP) is 7.30. The van der Waals surface area contributed by atoms with Crippen LogP contribution in [0.25, 0.3) is 0 Å². The van der Waals surface area contributed by atoms with Crippen molar-refractivity contribution < 1.29 is 20.1 Å². The van der Waals surface area contributed by atoms with E-state index < -0.39 is 0 Å². The van der Waals surface area contributed by atoms with Gasteiger partial charge in [0.1, 0.15) is 11.5 Å². The number of phenolic OH excluding ortho intramolecular Hbond substituents is 3. The first-order valence-electron chi connectivity index (χ1n) is 10.7. The Morgan fingerprint density at radius 1 is 0.576 bits per heavy atom. The predicted molar refractivity (Wildman–Crippen MR) is 132 cm³/mol. The maximum absolute atomic E-state index is 10.7. The van der Waals surface area contributed by atoms with Gasteiger partial charge in [-0.1, -0.05) is 36.4 Å². The van der Waals surface area contributed by atoms with Crippen LogP contribution in [0.15, 0.2) is 72.8 Å². The number of ether oxygens (including phenoxy) is 1. The number of hydrogen-bond acceptors (Lipinski definition) is 5. The molecule has 4 aromatic carbocycles. The molecule has 4 aromatic rings. The normalized spacial score (nSPS) is 10.8. The summed E-state index contributed by atoms with van der Waals surface area (Å²) < 4.78 is 6.30. The molecular formula is C28H27NO4. The van der Waals surface area contributed by atoms with Crippen LogP contribution in [0.3, 0.4) is 0 Å². The van der Waals surface area contributed by atoms with Crippen LogP contribution in [0.4, 0.5) is 17.1 Å². The van der Waals surface area contributed by atoms with Crippen LogP contribution in [0, 0.1) is 27.7 Å².